The van der Waals surface area contributed by atoms with E-state index in [2.05, 4.69) is 22.3 Å². The predicted molar refractivity (Wildman–Crippen MR) is 116 cm³/mol. The van der Waals surface area contributed by atoms with Crippen molar-refractivity contribution in [3.8, 4) is 0 Å². The van der Waals surface area contributed by atoms with Gasteiger partial charge in [-0.15, -0.1) is 0 Å². The Hall–Kier alpha value is -2.86. The summed E-state index contributed by atoms with van der Waals surface area (Å²) in [6.07, 6.45) is -0.488. The van der Waals surface area contributed by atoms with Crippen LogP contribution in [0.5, 0.6) is 0 Å². The number of nitrogens with zero attached hydrogens (tertiary/aromatic N) is 1. The zero-order chi connectivity index (χ0) is 21.7. The number of anilines is 1. The van der Waals surface area contributed by atoms with Crippen LogP contribution in [0, 0.1) is 5.92 Å². The van der Waals surface area contributed by atoms with Gasteiger partial charge in [-0.1, -0.05) is 42.5 Å². The summed E-state index contributed by atoms with van der Waals surface area (Å²) in [5.41, 5.74) is 2.38. The zero-order valence-corrected chi connectivity index (χ0v) is 18.1. The van der Waals surface area contributed by atoms with Crippen molar-refractivity contribution in [3.63, 3.8) is 0 Å². The molecule has 6 heteroatoms. The Morgan fingerprint density at radius 3 is 2.30 bits per heavy atom. The lowest BCUT2D eigenvalue weighted by molar-refractivity contribution is -0.145. The largest absolute Gasteiger partial charge is 0.469 e. The van der Waals surface area contributed by atoms with Gasteiger partial charge in [0.15, 0.2) is 0 Å². The standard InChI is InChI=1S/C24H30N2O4/c1-24(2,3)30-23(28)25-19-12-10-18(11-13-19)20-15-26(16-21(20)22(27)29-4)14-17-8-6-5-7-9-17/h5-13,20-21H,14-16H2,1-4H3,(H,25,28)/t20-,21+/m1/s1. The first-order valence-electron chi connectivity index (χ1n) is 10.2. The number of nitrogens with one attached hydrogen (secondary N) is 1. The molecule has 1 N–H and O–H groups in total. The number of rotatable bonds is 5. The molecule has 30 heavy (non-hydrogen) atoms. The molecule has 1 amide bonds. The number of hydrogen-bond donors (Lipinski definition) is 1. The van der Waals surface area contributed by atoms with Crippen LogP contribution in [-0.2, 0) is 20.8 Å². The van der Waals surface area contributed by atoms with Crippen molar-refractivity contribution >= 4 is 17.7 Å². The number of methoxy groups -OCH3 is 1. The van der Waals surface area contributed by atoms with Gasteiger partial charge < -0.3 is 9.47 Å². The summed E-state index contributed by atoms with van der Waals surface area (Å²) in [5.74, 6) is -0.369. The average molecular weight is 411 g/mol. The van der Waals surface area contributed by atoms with Crippen LogP contribution >= 0.6 is 0 Å². The number of likely N-dealkylation sites (tertiary alicyclic amines) is 1. The molecule has 6 nitrogen and oxygen atoms in total. The Bertz CT molecular complexity index is 859. The molecule has 0 saturated carbocycles. The Labute approximate surface area is 178 Å². The topological polar surface area (TPSA) is 67.9 Å². The smallest absolute Gasteiger partial charge is 0.412 e. The minimum atomic E-state index is -0.552. The van der Waals surface area contributed by atoms with E-state index in [4.69, 9.17) is 9.47 Å². The summed E-state index contributed by atoms with van der Waals surface area (Å²) in [5, 5.41) is 2.74. The molecule has 0 aliphatic carbocycles. The van der Waals surface area contributed by atoms with Gasteiger partial charge in [-0.05, 0) is 44.0 Å². The van der Waals surface area contributed by atoms with Gasteiger partial charge in [0.1, 0.15) is 5.60 Å². The number of esters is 1. The molecule has 2 aromatic rings. The number of amides is 1. The molecular weight excluding hydrogens is 380 g/mol. The second kappa shape index (κ2) is 9.30. The third kappa shape index (κ3) is 5.83. The second-order valence-electron chi connectivity index (χ2n) is 8.66. The maximum atomic E-state index is 12.4. The molecule has 0 unspecified atom stereocenters. The molecule has 1 heterocycles. The van der Waals surface area contributed by atoms with E-state index in [1.165, 1.54) is 12.7 Å². The fraction of sp³-hybridized carbons (Fsp3) is 0.417. The van der Waals surface area contributed by atoms with E-state index < -0.39 is 11.7 Å². The minimum absolute atomic E-state index is 0.0386. The van der Waals surface area contributed by atoms with Gasteiger partial charge in [0.05, 0.1) is 13.0 Å². The minimum Gasteiger partial charge on any atom is -0.469 e. The Morgan fingerprint density at radius 2 is 1.70 bits per heavy atom. The van der Waals surface area contributed by atoms with E-state index in [9.17, 15) is 9.59 Å². The molecule has 1 saturated heterocycles. The molecule has 0 radical (unpaired) electrons. The summed E-state index contributed by atoms with van der Waals surface area (Å²) in [4.78, 5) is 26.7. The first kappa shape index (κ1) is 21.8. The van der Waals surface area contributed by atoms with Crippen LogP contribution in [0.25, 0.3) is 0 Å². The monoisotopic (exact) mass is 410 g/mol. The van der Waals surface area contributed by atoms with Gasteiger partial charge in [0.25, 0.3) is 0 Å². The van der Waals surface area contributed by atoms with E-state index in [0.29, 0.717) is 12.2 Å². The Kier molecular flexibility index (Phi) is 6.77. The van der Waals surface area contributed by atoms with Gasteiger partial charge in [0.2, 0.25) is 0 Å². The lowest BCUT2D eigenvalue weighted by Gasteiger charge is -2.20. The maximum Gasteiger partial charge on any atom is 0.412 e. The van der Waals surface area contributed by atoms with E-state index in [1.807, 2.05) is 63.2 Å². The third-order valence-electron chi connectivity index (χ3n) is 5.13. The third-order valence-corrected chi connectivity index (χ3v) is 5.13. The van der Waals surface area contributed by atoms with Gasteiger partial charge in [0, 0.05) is 31.2 Å². The molecule has 2 atom stereocenters. The van der Waals surface area contributed by atoms with Crippen LogP contribution in [0.4, 0.5) is 10.5 Å². The number of carbonyl (C=O) groups is 2. The molecule has 2 aromatic carbocycles. The summed E-state index contributed by atoms with van der Waals surface area (Å²) < 4.78 is 10.4. The van der Waals surface area contributed by atoms with Gasteiger partial charge in [-0.3, -0.25) is 15.0 Å². The van der Waals surface area contributed by atoms with Crippen LogP contribution in [-0.4, -0.2) is 42.8 Å². The number of hydrogen-bond acceptors (Lipinski definition) is 5. The number of ether oxygens (including phenoxy) is 2. The second-order valence-corrected chi connectivity index (χ2v) is 8.66. The van der Waals surface area contributed by atoms with Gasteiger partial charge >= 0.3 is 12.1 Å². The van der Waals surface area contributed by atoms with Crippen LogP contribution < -0.4 is 5.32 Å². The summed E-state index contributed by atoms with van der Waals surface area (Å²) in [6, 6.07) is 17.8. The van der Waals surface area contributed by atoms with E-state index in [0.717, 1.165) is 18.7 Å². The molecular formula is C24H30N2O4. The van der Waals surface area contributed by atoms with Gasteiger partial charge in [-0.2, -0.15) is 0 Å². The highest BCUT2D eigenvalue weighted by molar-refractivity contribution is 5.84. The van der Waals surface area contributed by atoms with E-state index in [-0.39, 0.29) is 17.8 Å². The van der Waals surface area contributed by atoms with Crippen molar-refractivity contribution < 1.29 is 19.1 Å². The van der Waals surface area contributed by atoms with Crippen molar-refractivity contribution in [2.24, 2.45) is 5.92 Å². The SMILES string of the molecule is COC(=O)[C@H]1CN(Cc2ccccc2)C[C@@H]1c1ccc(NC(=O)OC(C)(C)C)cc1. The van der Waals surface area contributed by atoms with Crippen molar-refractivity contribution in [2.75, 3.05) is 25.5 Å². The highest BCUT2D eigenvalue weighted by Gasteiger charge is 2.39. The number of benzene rings is 2. The van der Waals surface area contributed by atoms with Crippen molar-refractivity contribution in [1.82, 2.24) is 4.90 Å². The van der Waals surface area contributed by atoms with E-state index >= 15 is 0 Å². The average Bonchev–Trinajstić information content (AvgIpc) is 3.11. The fourth-order valence-electron chi connectivity index (χ4n) is 3.82. The van der Waals surface area contributed by atoms with Crippen molar-refractivity contribution in [3.05, 3.63) is 65.7 Å². The first-order chi connectivity index (χ1) is 14.2. The molecule has 0 aromatic heterocycles. The zero-order valence-electron chi connectivity index (χ0n) is 18.1. The highest BCUT2D eigenvalue weighted by atomic mass is 16.6. The molecule has 1 aliphatic rings. The predicted octanol–water partition coefficient (Wildman–Crippen LogP) is 4.42. The van der Waals surface area contributed by atoms with Crippen molar-refractivity contribution in [2.45, 2.75) is 38.8 Å². The quantitative estimate of drug-likeness (QED) is 0.739. The summed E-state index contributed by atoms with van der Waals surface area (Å²) in [6.45, 7) is 7.69. The normalized spacial score (nSPS) is 19.3. The first-order valence-corrected chi connectivity index (χ1v) is 10.2. The number of carbonyl (C=O) groups excluding carboxylic acids is 2. The molecule has 1 aliphatic heterocycles. The lowest BCUT2D eigenvalue weighted by atomic mass is 9.89. The van der Waals surface area contributed by atoms with E-state index in [1.54, 1.807) is 0 Å². The molecule has 0 spiro atoms. The summed E-state index contributed by atoms with van der Waals surface area (Å²) in [7, 11) is 1.44. The van der Waals surface area contributed by atoms with Crippen LogP contribution in [0.1, 0.15) is 37.8 Å². The lowest BCUT2D eigenvalue weighted by Crippen LogP contribution is -2.27. The maximum absolute atomic E-state index is 12.4. The Morgan fingerprint density at radius 1 is 1.03 bits per heavy atom. The summed E-state index contributed by atoms with van der Waals surface area (Å²) >= 11 is 0. The molecule has 0 bridgehead atoms. The molecule has 1 fully saturated rings. The molecule has 3 rings (SSSR count). The van der Waals surface area contributed by atoms with Gasteiger partial charge in [-0.25, -0.2) is 4.79 Å². The highest BCUT2D eigenvalue weighted by Crippen LogP contribution is 2.35. The fourth-order valence-corrected chi connectivity index (χ4v) is 3.82. The Balaban J connectivity index is 1.70. The van der Waals surface area contributed by atoms with Crippen molar-refractivity contribution in [1.29, 1.82) is 0 Å². The molecule has 160 valence electrons. The van der Waals surface area contributed by atoms with Crippen LogP contribution in [0.15, 0.2) is 54.6 Å². The van der Waals surface area contributed by atoms with Crippen LogP contribution in [0.2, 0.25) is 0 Å². The van der Waals surface area contributed by atoms with Crippen LogP contribution in [0.3, 0.4) is 0 Å².